The third kappa shape index (κ3) is 3.00. The van der Waals surface area contributed by atoms with Crippen LogP contribution < -0.4 is 0 Å². The summed E-state index contributed by atoms with van der Waals surface area (Å²) in [4.78, 5) is 17.4. The number of hydrogen-bond donors (Lipinski definition) is 0. The molecule has 0 aliphatic rings. The largest absolute Gasteiger partial charge is 0.360 e. The van der Waals surface area contributed by atoms with Crippen LogP contribution in [0.25, 0.3) is 22.0 Å². The molecule has 4 aromatic rings. The van der Waals surface area contributed by atoms with Gasteiger partial charge in [0.2, 0.25) is 5.12 Å². The van der Waals surface area contributed by atoms with Gasteiger partial charge >= 0.3 is 0 Å². The summed E-state index contributed by atoms with van der Waals surface area (Å²) in [5.74, 6) is 0.456. The van der Waals surface area contributed by atoms with Gasteiger partial charge in [-0.05, 0) is 36.2 Å². The molecule has 0 spiro atoms. The first-order chi connectivity index (χ1) is 12.6. The van der Waals surface area contributed by atoms with E-state index in [9.17, 15) is 4.79 Å². The number of fused-ring (bicyclic) bond motifs is 1. The minimum atomic E-state index is -0.178. The summed E-state index contributed by atoms with van der Waals surface area (Å²) in [6.45, 7) is 1.72. The molecule has 4 rings (SSSR count). The molecule has 0 radical (unpaired) electrons. The smallest absolute Gasteiger partial charge is 0.231 e. The molecule has 6 heteroatoms. The van der Waals surface area contributed by atoms with Crippen LogP contribution >= 0.6 is 23.4 Å². The Hall–Kier alpha value is -2.63. The first-order valence-corrected chi connectivity index (χ1v) is 9.11. The summed E-state index contributed by atoms with van der Waals surface area (Å²) in [5, 5.41) is 7.01. The van der Waals surface area contributed by atoms with E-state index in [2.05, 4.69) is 10.1 Å². The summed E-state index contributed by atoms with van der Waals surface area (Å²) in [5.41, 5.74) is 1.53. The Kier molecular flexibility index (Phi) is 4.49. The van der Waals surface area contributed by atoms with E-state index in [0.29, 0.717) is 32.6 Å². The van der Waals surface area contributed by atoms with E-state index >= 15 is 0 Å². The number of thioether (sulfide) groups is 1. The van der Waals surface area contributed by atoms with Crippen molar-refractivity contribution in [1.29, 1.82) is 0 Å². The Morgan fingerprint density at radius 2 is 1.85 bits per heavy atom. The minimum absolute atomic E-state index is 0.178. The van der Waals surface area contributed by atoms with Crippen molar-refractivity contribution in [1.82, 2.24) is 10.1 Å². The van der Waals surface area contributed by atoms with Crippen molar-refractivity contribution in [3.05, 3.63) is 77.1 Å². The summed E-state index contributed by atoms with van der Waals surface area (Å²) in [6.07, 6.45) is 1.70. The Labute approximate surface area is 159 Å². The number of hydrogen-bond acceptors (Lipinski definition) is 5. The molecule has 2 aromatic heterocycles. The molecule has 0 saturated carbocycles. The SMILES string of the molecule is Cc1onc(-c2ccccc2Cl)c1C(=O)Sc1nccc2ccccc12. The monoisotopic (exact) mass is 380 g/mol. The van der Waals surface area contributed by atoms with Crippen LogP contribution in [0.1, 0.15) is 16.1 Å². The maximum absolute atomic E-state index is 13.0. The lowest BCUT2D eigenvalue weighted by molar-refractivity contribution is 0.108. The molecule has 2 aromatic carbocycles. The van der Waals surface area contributed by atoms with Crippen LogP contribution in [-0.2, 0) is 0 Å². The standard InChI is InChI=1S/C20H13ClN2O2S/c1-12-17(18(23-25-12)15-8-4-5-9-16(15)21)20(24)26-19-14-7-3-2-6-13(14)10-11-22-19/h2-11H,1H3. The van der Waals surface area contributed by atoms with Gasteiger partial charge in [0.05, 0.1) is 10.6 Å². The number of aromatic nitrogens is 2. The van der Waals surface area contributed by atoms with Gasteiger partial charge in [0.15, 0.2) is 0 Å². The van der Waals surface area contributed by atoms with Crippen molar-refractivity contribution in [3.63, 3.8) is 0 Å². The van der Waals surface area contributed by atoms with Gasteiger partial charge in [0.1, 0.15) is 16.5 Å². The highest BCUT2D eigenvalue weighted by Gasteiger charge is 2.24. The Morgan fingerprint density at radius 3 is 2.69 bits per heavy atom. The molecular weight excluding hydrogens is 368 g/mol. The van der Waals surface area contributed by atoms with Crippen molar-refractivity contribution in [2.45, 2.75) is 11.9 Å². The Bertz CT molecular complexity index is 1120. The first-order valence-electron chi connectivity index (χ1n) is 7.92. The molecule has 0 amide bonds. The lowest BCUT2D eigenvalue weighted by Gasteiger charge is -2.06. The van der Waals surface area contributed by atoms with Gasteiger partial charge in [-0.15, -0.1) is 0 Å². The molecule has 4 nitrogen and oxygen atoms in total. The summed E-state index contributed by atoms with van der Waals surface area (Å²) in [6, 6.07) is 17.0. The average molecular weight is 381 g/mol. The van der Waals surface area contributed by atoms with Crippen LogP contribution in [0, 0.1) is 6.92 Å². The Balaban J connectivity index is 1.76. The molecule has 0 unspecified atom stereocenters. The van der Waals surface area contributed by atoms with Crippen LogP contribution in [0.2, 0.25) is 5.02 Å². The first kappa shape index (κ1) is 16.8. The zero-order valence-electron chi connectivity index (χ0n) is 13.8. The third-order valence-corrected chi connectivity index (χ3v) is 5.26. The van der Waals surface area contributed by atoms with E-state index in [1.165, 1.54) is 0 Å². The second-order valence-corrected chi connectivity index (χ2v) is 7.04. The predicted octanol–water partition coefficient (Wildman–Crippen LogP) is 5.78. The van der Waals surface area contributed by atoms with E-state index in [1.54, 1.807) is 19.2 Å². The minimum Gasteiger partial charge on any atom is -0.360 e. The molecule has 0 aliphatic carbocycles. The third-order valence-electron chi connectivity index (χ3n) is 4.02. The molecule has 128 valence electrons. The number of carbonyl (C=O) groups is 1. The van der Waals surface area contributed by atoms with E-state index in [4.69, 9.17) is 16.1 Å². The van der Waals surface area contributed by atoms with Gasteiger partial charge in [0, 0.05) is 17.1 Å². The topological polar surface area (TPSA) is 56.0 Å². The fourth-order valence-corrected chi connectivity index (χ4v) is 3.91. The Morgan fingerprint density at radius 1 is 1.08 bits per heavy atom. The predicted molar refractivity (Wildman–Crippen MR) is 104 cm³/mol. The number of aryl methyl sites for hydroxylation is 1. The molecule has 0 atom stereocenters. The van der Waals surface area contributed by atoms with Gasteiger partial charge in [-0.2, -0.15) is 0 Å². The van der Waals surface area contributed by atoms with E-state index in [1.807, 2.05) is 48.5 Å². The van der Waals surface area contributed by atoms with Gasteiger partial charge in [-0.1, -0.05) is 59.2 Å². The molecule has 0 fully saturated rings. The van der Waals surface area contributed by atoms with Gasteiger partial charge in [-0.25, -0.2) is 4.98 Å². The second-order valence-electron chi connectivity index (χ2n) is 5.67. The van der Waals surface area contributed by atoms with Crippen LogP contribution in [0.4, 0.5) is 0 Å². The van der Waals surface area contributed by atoms with Crippen molar-refractivity contribution in [3.8, 4) is 11.3 Å². The average Bonchev–Trinajstić information content (AvgIpc) is 3.04. The fraction of sp³-hybridized carbons (Fsp3) is 0.0500. The molecular formula is C20H13ClN2O2S. The number of nitrogens with zero attached hydrogens (tertiary/aromatic N) is 2. The molecule has 0 saturated heterocycles. The quantitative estimate of drug-likeness (QED) is 0.421. The maximum Gasteiger partial charge on any atom is 0.231 e. The van der Waals surface area contributed by atoms with Crippen molar-refractivity contribution in [2.24, 2.45) is 0 Å². The molecule has 26 heavy (non-hydrogen) atoms. The lowest BCUT2D eigenvalue weighted by Crippen LogP contribution is -1.98. The van der Waals surface area contributed by atoms with Crippen molar-refractivity contribution in [2.75, 3.05) is 0 Å². The van der Waals surface area contributed by atoms with Crippen molar-refractivity contribution < 1.29 is 9.32 Å². The van der Waals surface area contributed by atoms with E-state index in [-0.39, 0.29) is 5.12 Å². The van der Waals surface area contributed by atoms with Gasteiger partial charge in [-0.3, -0.25) is 4.79 Å². The molecule has 0 bridgehead atoms. The van der Waals surface area contributed by atoms with Crippen LogP contribution in [-0.4, -0.2) is 15.3 Å². The van der Waals surface area contributed by atoms with E-state index in [0.717, 1.165) is 22.5 Å². The zero-order chi connectivity index (χ0) is 18.1. The zero-order valence-corrected chi connectivity index (χ0v) is 15.3. The number of halogens is 1. The number of carbonyl (C=O) groups excluding carboxylic acids is 1. The molecule has 0 N–H and O–H groups in total. The van der Waals surface area contributed by atoms with Crippen LogP contribution in [0.5, 0.6) is 0 Å². The highest BCUT2D eigenvalue weighted by Crippen LogP contribution is 2.35. The van der Waals surface area contributed by atoms with Crippen LogP contribution in [0.3, 0.4) is 0 Å². The van der Waals surface area contributed by atoms with Crippen molar-refractivity contribution >= 4 is 39.3 Å². The molecule has 2 heterocycles. The summed E-state index contributed by atoms with van der Waals surface area (Å²) in [7, 11) is 0. The van der Waals surface area contributed by atoms with Gasteiger partial charge < -0.3 is 4.52 Å². The maximum atomic E-state index is 13.0. The number of pyridine rings is 1. The second kappa shape index (κ2) is 6.94. The highest BCUT2D eigenvalue weighted by molar-refractivity contribution is 8.14. The fourth-order valence-electron chi connectivity index (χ4n) is 2.76. The number of rotatable bonds is 3. The van der Waals surface area contributed by atoms with Gasteiger partial charge in [0.25, 0.3) is 0 Å². The highest BCUT2D eigenvalue weighted by atomic mass is 35.5. The van der Waals surface area contributed by atoms with E-state index < -0.39 is 0 Å². The summed E-state index contributed by atoms with van der Waals surface area (Å²) < 4.78 is 5.29. The number of benzene rings is 2. The van der Waals surface area contributed by atoms with Crippen LogP contribution in [0.15, 0.2) is 70.3 Å². The normalized spacial score (nSPS) is 11.0. The summed E-state index contributed by atoms with van der Waals surface area (Å²) >= 11 is 7.34. The lowest BCUT2D eigenvalue weighted by atomic mass is 10.1. The molecule has 0 aliphatic heterocycles.